The first-order valence-electron chi connectivity index (χ1n) is 9.76. The third-order valence-electron chi connectivity index (χ3n) is 4.45. The van der Waals surface area contributed by atoms with Gasteiger partial charge in [0.05, 0.1) is 19.3 Å². The Kier molecular flexibility index (Phi) is 7.11. The van der Waals surface area contributed by atoms with Crippen LogP contribution in [-0.4, -0.2) is 54.2 Å². The number of tetrazole rings is 1. The molecule has 1 aromatic heterocycles. The largest absolute Gasteiger partial charge is 0.371 e. The Morgan fingerprint density at radius 3 is 2.82 bits per heavy atom. The van der Waals surface area contributed by atoms with Gasteiger partial charge in [0, 0.05) is 6.61 Å². The van der Waals surface area contributed by atoms with E-state index in [1.165, 1.54) is 4.80 Å². The highest BCUT2D eigenvalue weighted by Gasteiger charge is 2.24. The summed E-state index contributed by atoms with van der Waals surface area (Å²) in [7, 11) is -1.08. The maximum absolute atomic E-state index is 5.91. The molecule has 0 amide bonds. The molecule has 8 heteroatoms. The maximum Gasteiger partial charge on any atom is 0.197 e. The quantitative estimate of drug-likeness (QED) is 0.325. The Labute approximate surface area is 167 Å². The van der Waals surface area contributed by atoms with Crippen molar-refractivity contribution >= 4 is 20.2 Å². The van der Waals surface area contributed by atoms with E-state index in [4.69, 9.17) is 14.2 Å². The molecule has 0 unspecified atom stereocenters. The van der Waals surface area contributed by atoms with Gasteiger partial charge in [-0.25, -0.2) is 0 Å². The minimum atomic E-state index is -1.08. The van der Waals surface area contributed by atoms with E-state index in [-0.39, 0.29) is 12.2 Å². The topological polar surface area (TPSA) is 74.6 Å². The summed E-state index contributed by atoms with van der Waals surface area (Å²) in [5, 5.41) is 12.5. The molecule has 0 saturated carbocycles. The standard InChI is InChI=1S/C20H30N4O3Si/c1-16(26-13-18-14-27-18)19-8-6-5-7-17(19)9-10-20-21-23-24(22-20)15-25-11-12-28(2,3)4/h5-10,16,18H,11-15H2,1-4H3/q-1/b10-9+/t16-,18+/m1/s1. The lowest BCUT2D eigenvalue weighted by molar-refractivity contribution is 0.0538. The van der Waals surface area contributed by atoms with Crippen LogP contribution >= 0.6 is 0 Å². The molecule has 7 nitrogen and oxygen atoms in total. The predicted molar refractivity (Wildman–Crippen MR) is 111 cm³/mol. The average Bonchev–Trinajstić information content (AvgIpc) is 3.38. The molecule has 2 heterocycles. The molecule has 0 spiro atoms. The van der Waals surface area contributed by atoms with Crippen LogP contribution in [-0.2, 0) is 20.9 Å². The first-order valence-corrected chi connectivity index (χ1v) is 13.5. The van der Waals surface area contributed by atoms with Crippen molar-refractivity contribution in [2.45, 2.75) is 51.5 Å². The number of hydrogen-bond acceptors (Lipinski definition) is 6. The van der Waals surface area contributed by atoms with Crippen LogP contribution in [0.2, 0.25) is 25.7 Å². The fourth-order valence-corrected chi connectivity index (χ4v) is 3.36. The normalized spacial score (nSPS) is 17.9. The second kappa shape index (κ2) is 9.55. The molecule has 3 rings (SSSR count). The molecule has 1 aliphatic heterocycles. The Morgan fingerprint density at radius 1 is 1.29 bits per heavy atom. The SMILES string of the molecule is C[C@@H](OC[C@H]1CO1)c1ccccc1/C=C/c1nnn(COCC[Si-](C)(C)C)n1. The van der Waals surface area contributed by atoms with Gasteiger partial charge in [0.25, 0.3) is 0 Å². The van der Waals surface area contributed by atoms with Gasteiger partial charge in [0.15, 0.2) is 12.6 Å². The van der Waals surface area contributed by atoms with E-state index < -0.39 is 8.07 Å². The Bertz CT molecular complexity index is 784. The van der Waals surface area contributed by atoms with Crippen molar-refractivity contribution in [3.8, 4) is 0 Å². The Morgan fingerprint density at radius 2 is 2.07 bits per heavy atom. The molecular weight excluding hydrogens is 372 g/mol. The van der Waals surface area contributed by atoms with Crippen molar-refractivity contribution in [2.75, 3.05) is 19.8 Å². The first kappa shape index (κ1) is 20.9. The monoisotopic (exact) mass is 402 g/mol. The zero-order chi connectivity index (χ0) is 20.0. The van der Waals surface area contributed by atoms with E-state index in [0.29, 0.717) is 19.2 Å². The van der Waals surface area contributed by atoms with E-state index in [1.54, 1.807) is 0 Å². The molecular formula is C20H30N4O3Si-. The van der Waals surface area contributed by atoms with Gasteiger partial charge in [-0.05, 0) is 29.3 Å². The van der Waals surface area contributed by atoms with Crippen molar-refractivity contribution in [1.29, 1.82) is 0 Å². The summed E-state index contributed by atoms with van der Waals surface area (Å²) in [4.78, 5) is 1.48. The van der Waals surface area contributed by atoms with Crippen LogP contribution in [0.1, 0.15) is 30.0 Å². The van der Waals surface area contributed by atoms with Gasteiger partial charge in [0.1, 0.15) is 6.10 Å². The van der Waals surface area contributed by atoms with E-state index in [1.807, 2.05) is 24.3 Å². The lowest BCUT2D eigenvalue weighted by Gasteiger charge is -2.26. The molecule has 1 aliphatic rings. The molecule has 0 bridgehead atoms. The summed E-state index contributed by atoms with van der Waals surface area (Å²) in [5.74, 6) is 0.559. The minimum absolute atomic E-state index is 0.00606. The number of hydrogen-bond donors (Lipinski definition) is 0. The van der Waals surface area contributed by atoms with Crippen LogP contribution < -0.4 is 0 Å². The predicted octanol–water partition coefficient (Wildman–Crippen LogP) is 3.63. The van der Waals surface area contributed by atoms with Crippen molar-refractivity contribution in [3.63, 3.8) is 0 Å². The second-order valence-electron chi connectivity index (χ2n) is 8.26. The first-order chi connectivity index (χ1) is 13.4. The number of aromatic nitrogens is 4. The van der Waals surface area contributed by atoms with Crippen LogP contribution in [0.25, 0.3) is 12.2 Å². The number of epoxide rings is 1. The van der Waals surface area contributed by atoms with Crippen LogP contribution in [0.4, 0.5) is 0 Å². The zero-order valence-corrected chi connectivity index (χ0v) is 18.2. The van der Waals surface area contributed by atoms with Gasteiger partial charge >= 0.3 is 0 Å². The molecule has 1 saturated heterocycles. The fourth-order valence-electron chi connectivity index (χ4n) is 2.60. The number of benzene rings is 1. The second-order valence-corrected chi connectivity index (χ2v) is 13.9. The molecule has 0 aliphatic carbocycles. The Balaban J connectivity index is 1.54. The third-order valence-corrected chi connectivity index (χ3v) is 6.16. The van der Waals surface area contributed by atoms with Gasteiger partial charge in [0.2, 0.25) is 0 Å². The highest BCUT2D eigenvalue weighted by molar-refractivity contribution is 6.76. The summed E-state index contributed by atoms with van der Waals surface area (Å²) in [6.07, 6.45) is 4.11. The van der Waals surface area contributed by atoms with Crippen molar-refractivity contribution in [3.05, 3.63) is 41.2 Å². The number of ether oxygens (including phenoxy) is 3. The van der Waals surface area contributed by atoms with E-state index >= 15 is 0 Å². The lowest BCUT2D eigenvalue weighted by atomic mass is 10.0. The highest BCUT2D eigenvalue weighted by atomic mass is 28.3. The summed E-state index contributed by atoms with van der Waals surface area (Å²) >= 11 is 0. The van der Waals surface area contributed by atoms with Gasteiger partial charge in [-0.1, -0.05) is 30.3 Å². The lowest BCUT2D eigenvalue weighted by Crippen LogP contribution is -2.22. The molecule has 2 aromatic rings. The van der Waals surface area contributed by atoms with Crippen molar-refractivity contribution in [2.24, 2.45) is 0 Å². The summed E-state index contributed by atoms with van der Waals surface area (Å²) in [6, 6.07) is 9.29. The van der Waals surface area contributed by atoms with Crippen LogP contribution in [0, 0.1) is 0 Å². The number of rotatable bonds is 11. The van der Waals surface area contributed by atoms with Crippen molar-refractivity contribution in [1.82, 2.24) is 20.2 Å². The average molecular weight is 403 g/mol. The molecule has 1 fully saturated rings. The van der Waals surface area contributed by atoms with E-state index in [2.05, 4.69) is 54.1 Å². The molecule has 0 radical (unpaired) electrons. The molecule has 28 heavy (non-hydrogen) atoms. The fraction of sp³-hybridized carbons (Fsp3) is 0.550. The third kappa shape index (κ3) is 6.94. The smallest absolute Gasteiger partial charge is 0.197 e. The van der Waals surface area contributed by atoms with E-state index in [0.717, 1.165) is 30.4 Å². The summed E-state index contributed by atoms with van der Waals surface area (Å²) < 4.78 is 16.8. The minimum Gasteiger partial charge on any atom is -0.371 e. The molecule has 1 aromatic carbocycles. The van der Waals surface area contributed by atoms with Gasteiger partial charge < -0.3 is 14.2 Å². The summed E-state index contributed by atoms with van der Waals surface area (Å²) in [5.41, 5.74) is 2.20. The van der Waals surface area contributed by atoms with E-state index in [9.17, 15) is 0 Å². The molecule has 0 N–H and O–H groups in total. The van der Waals surface area contributed by atoms with Crippen molar-refractivity contribution < 1.29 is 14.2 Å². The zero-order valence-electron chi connectivity index (χ0n) is 17.2. The summed E-state index contributed by atoms with van der Waals surface area (Å²) in [6.45, 7) is 11.5. The highest BCUT2D eigenvalue weighted by Crippen LogP contribution is 2.24. The Hall–Kier alpha value is -1.87. The van der Waals surface area contributed by atoms with Gasteiger partial charge in [-0.2, -0.15) is 19.6 Å². The van der Waals surface area contributed by atoms with Crippen LogP contribution in [0.3, 0.4) is 0 Å². The molecule has 2 atom stereocenters. The van der Waals surface area contributed by atoms with Gasteiger partial charge in [-0.15, -0.1) is 29.1 Å². The van der Waals surface area contributed by atoms with Gasteiger partial charge in [-0.3, -0.25) is 0 Å². The maximum atomic E-state index is 5.91. The number of nitrogens with zero attached hydrogens (tertiary/aromatic N) is 4. The van der Waals surface area contributed by atoms with Crippen LogP contribution in [0.15, 0.2) is 24.3 Å². The van der Waals surface area contributed by atoms with Crippen LogP contribution in [0.5, 0.6) is 0 Å². The molecule has 153 valence electrons.